The predicted molar refractivity (Wildman–Crippen MR) is 356 cm³/mol. The summed E-state index contributed by atoms with van der Waals surface area (Å²) >= 11 is 0. The molecule has 0 aromatic heterocycles. The number of carboxylic acids is 1. The average molecular weight is 1370 g/mol. The van der Waals surface area contributed by atoms with Crippen molar-refractivity contribution in [2.75, 3.05) is 19.7 Å². The Morgan fingerprint density at radius 1 is 0.480 bits per heavy atom. The molecule has 3 aromatic rings. The summed E-state index contributed by atoms with van der Waals surface area (Å²) in [6.45, 7) is 3.95. The molecule has 11 atom stereocenters. The Morgan fingerprint density at radius 3 is 1.32 bits per heavy atom. The number of likely N-dealkylation sites (tertiary alicyclic amines) is 1. The number of nitrogens with one attached hydrogen (secondary N) is 9. The first-order valence-corrected chi connectivity index (χ1v) is 32.1. The van der Waals surface area contributed by atoms with Crippen molar-refractivity contribution >= 4 is 88.7 Å². The molecule has 1 saturated heterocycles. The molecule has 0 radical (unpaired) electrons. The number of aliphatic carboxylic acids is 1. The first-order chi connectivity index (χ1) is 46.5. The van der Waals surface area contributed by atoms with E-state index in [2.05, 4.69) is 52.8 Å². The summed E-state index contributed by atoms with van der Waals surface area (Å²) in [7, 11) is 0. The van der Waals surface area contributed by atoms with E-state index in [1.54, 1.807) is 105 Å². The van der Waals surface area contributed by atoms with Gasteiger partial charge in [-0.1, -0.05) is 105 Å². The van der Waals surface area contributed by atoms with Crippen LogP contribution in [-0.2, 0) is 86.4 Å². The SMILES string of the molecule is CC(C)C[C@H](NC(=O)[C@H](Cc1ccccc1)NC(=O)[C@H](C)NC(=O)[C@H](CCC(N)=O)NC(=O)[C@@H](N)CO)C(=O)N[C@@H](Cc1ccccc1)C(=O)N[C@@H](CCC(N)=O)C(=O)N1CCC[C@H]1C(=O)N[C@@H](CCC(N)=O)C(=O)N[C@@H](CCCN=C(N)N)C(=O)N[C@@H](Cc1ccccc1)C(=O)O. The van der Waals surface area contributed by atoms with Crippen LogP contribution in [0.25, 0.3) is 0 Å². The number of amides is 13. The summed E-state index contributed by atoms with van der Waals surface area (Å²) in [6.07, 6.45) is -2.70. The molecular formula is C65H93N17O16. The van der Waals surface area contributed by atoms with Gasteiger partial charge in [-0.15, -0.1) is 0 Å². The van der Waals surface area contributed by atoms with E-state index in [4.69, 9.17) is 34.4 Å². The summed E-state index contributed by atoms with van der Waals surface area (Å²) in [5.41, 5.74) is 34.6. The van der Waals surface area contributed by atoms with Crippen molar-refractivity contribution in [2.45, 2.75) is 177 Å². The number of carboxylic acid groups (broad SMARTS) is 1. The van der Waals surface area contributed by atoms with Crippen molar-refractivity contribution < 1.29 is 77.3 Å². The molecule has 534 valence electrons. The molecule has 0 aliphatic carbocycles. The predicted octanol–water partition coefficient (Wildman–Crippen LogP) is -4.61. The molecule has 1 heterocycles. The van der Waals surface area contributed by atoms with Crippen LogP contribution in [0.2, 0.25) is 0 Å². The molecule has 0 spiro atoms. The Labute approximate surface area is 566 Å². The highest BCUT2D eigenvalue weighted by molar-refractivity contribution is 5.99. The number of aliphatic imine (C=N–C) groups is 1. The molecule has 3 aromatic carbocycles. The number of aliphatic hydroxyl groups is 1. The largest absolute Gasteiger partial charge is 0.480 e. The number of carbonyl (C=O) groups excluding carboxylic acids is 13. The Hall–Kier alpha value is -10.6. The lowest BCUT2D eigenvalue weighted by Crippen LogP contribution is -2.61. The van der Waals surface area contributed by atoms with Crippen molar-refractivity contribution in [3.8, 4) is 0 Å². The normalized spacial score (nSPS) is 15.6. The summed E-state index contributed by atoms with van der Waals surface area (Å²) in [6, 6.07) is 9.26. The maximum Gasteiger partial charge on any atom is 0.326 e. The molecule has 1 fully saturated rings. The minimum Gasteiger partial charge on any atom is -0.480 e. The number of nitrogens with zero attached hydrogens (tertiary/aromatic N) is 2. The van der Waals surface area contributed by atoms with Crippen molar-refractivity contribution in [3.63, 3.8) is 0 Å². The fraction of sp³-hybridized carbons (Fsp3) is 0.492. The number of hydrogen-bond donors (Lipinski definition) is 17. The molecule has 1 aliphatic rings. The molecule has 1 aliphatic heterocycles. The lowest BCUT2D eigenvalue weighted by atomic mass is 9.99. The number of carbonyl (C=O) groups is 14. The Balaban J connectivity index is 1.61. The topological polar surface area (TPSA) is 559 Å². The molecule has 98 heavy (non-hydrogen) atoms. The van der Waals surface area contributed by atoms with Crippen molar-refractivity contribution in [1.82, 2.24) is 52.8 Å². The van der Waals surface area contributed by atoms with Gasteiger partial charge in [0.2, 0.25) is 76.8 Å². The average Bonchev–Trinajstić information content (AvgIpc) is 1.59. The van der Waals surface area contributed by atoms with E-state index in [-0.39, 0.29) is 89.2 Å². The van der Waals surface area contributed by atoms with Crippen molar-refractivity contribution in [1.29, 1.82) is 0 Å². The summed E-state index contributed by atoms with van der Waals surface area (Å²) in [4.78, 5) is 195. The highest BCUT2D eigenvalue weighted by atomic mass is 16.4. The van der Waals surface area contributed by atoms with Gasteiger partial charge in [-0.25, -0.2) is 4.79 Å². The van der Waals surface area contributed by atoms with E-state index in [0.29, 0.717) is 16.7 Å². The minimum absolute atomic E-state index is 0.000160. The van der Waals surface area contributed by atoms with Gasteiger partial charge in [0.1, 0.15) is 66.5 Å². The third-order valence-corrected chi connectivity index (χ3v) is 15.7. The van der Waals surface area contributed by atoms with Gasteiger partial charge in [0.05, 0.1) is 6.61 Å². The van der Waals surface area contributed by atoms with Gasteiger partial charge >= 0.3 is 5.97 Å². The molecule has 33 heteroatoms. The minimum atomic E-state index is -1.59. The maximum absolute atomic E-state index is 14.9. The van der Waals surface area contributed by atoms with E-state index < -0.39 is 182 Å². The second kappa shape index (κ2) is 40.7. The third kappa shape index (κ3) is 28.0. The highest BCUT2D eigenvalue weighted by Gasteiger charge is 2.41. The van der Waals surface area contributed by atoms with Gasteiger partial charge < -0.3 is 97.4 Å². The number of nitrogens with two attached hydrogens (primary N) is 6. The molecule has 0 saturated carbocycles. The maximum atomic E-state index is 14.9. The first kappa shape index (κ1) is 79.9. The molecular weight excluding hydrogens is 1270 g/mol. The summed E-state index contributed by atoms with van der Waals surface area (Å²) in [5, 5.41) is 42.5. The second-order valence-electron chi connectivity index (χ2n) is 24.2. The summed E-state index contributed by atoms with van der Waals surface area (Å²) < 4.78 is 0. The van der Waals surface area contributed by atoms with E-state index in [0.717, 1.165) is 4.90 Å². The van der Waals surface area contributed by atoms with E-state index in [1.165, 1.54) is 6.92 Å². The smallest absolute Gasteiger partial charge is 0.326 e. The van der Waals surface area contributed by atoms with Crippen LogP contribution in [0.15, 0.2) is 96.0 Å². The number of guanidine groups is 1. The quantitative estimate of drug-likeness (QED) is 0.0144. The third-order valence-electron chi connectivity index (χ3n) is 15.7. The van der Waals surface area contributed by atoms with Gasteiger partial charge in [-0.2, -0.15) is 0 Å². The molecule has 0 unspecified atom stereocenters. The molecule has 33 nitrogen and oxygen atoms in total. The Morgan fingerprint density at radius 2 is 0.857 bits per heavy atom. The Bertz CT molecular complexity index is 3270. The molecule has 0 bridgehead atoms. The fourth-order valence-corrected chi connectivity index (χ4v) is 10.5. The molecule has 23 N–H and O–H groups in total. The highest BCUT2D eigenvalue weighted by Crippen LogP contribution is 2.21. The van der Waals surface area contributed by atoms with Gasteiger partial charge in [0, 0.05) is 51.6 Å². The zero-order chi connectivity index (χ0) is 72.6. The van der Waals surface area contributed by atoms with Crippen molar-refractivity contribution in [3.05, 3.63) is 108 Å². The number of rotatable bonds is 42. The number of primary amides is 3. The fourth-order valence-electron chi connectivity index (χ4n) is 10.5. The van der Waals surface area contributed by atoms with E-state index in [9.17, 15) is 77.3 Å². The van der Waals surface area contributed by atoms with Gasteiger partial charge in [0.25, 0.3) is 0 Å². The van der Waals surface area contributed by atoms with Crippen LogP contribution in [0, 0.1) is 5.92 Å². The lowest BCUT2D eigenvalue weighted by molar-refractivity contribution is -0.143. The zero-order valence-corrected chi connectivity index (χ0v) is 55.1. The van der Waals surface area contributed by atoms with Crippen LogP contribution >= 0.6 is 0 Å². The number of benzene rings is 3. The van der Waals surface area contributed by atoms with Crippen LogP contribution < -0.4 is 82.3 Å². The summed E-state index contributed by atoms with van der Waals surface area (Å²) in [5.74, 6) is -13.6. The van der Waals surface area contributed by atoms with Gasteiger partial charge in [0.15, 0.2) is 5.96 Å². The standard InChI is InChI=1S/C65H93N17O16/c1-36(2)31-46(79-61(94)47(32-38-15-7-4-8-16-38)78-54(87)37(3)73-56(89)43(23-26-51(67)84)74-55(88)41(66)35-83)59(92)80-48(33-39-17-9-5-10-18-39)60(93)77-45(25-28-53(69)86)63(96)82-30-14-22-50(82)62(95)76-44(24-27-52(68)85)58(91)75-42(21-13-29-72-65(70)71)57(90)81-49(64(97)98)34-40-19-11-6-12-20-40/h4-12,15-20,36-37,41-50,83H,13-14,21-35,66H2,1-3H3,(H2,67,84)(H2,68,85)(H2,69,86)(H,73,89)(H,74,88)(H,75,91)(H,76,95)(H,77,93)(H,78,87)(H,79,94)(H,80,92)(H,81,90)(H,97,98)(H4,70,71,72)/t37-,41-,42-,43-,44-,45-,46-,47-,48-,49-,50-/m0/s1. The van der Waals surface area contributed by atoms with E-state index in [1.807, 2.05) is 0 Å². The van der Waals surface area contributed by atoms with Crippen LogP contribution in [-0.4, -0.2) is 190 Å². The molecule has 13 amide bonds. The second-order valence-corrected chi connectivity index (χ2v) is 24.2. The van der Waals surface area contributed by atoms with Crippen LogP contribution in [0.1, 0.15) is 108 Å². The lowest BCUT2D eigenvalue weighted by Gasteiger charge is -2.31. The van der Waals surface area contributed by atoms with Gasteiger partial charge in [-0.05, 0) is 80.9 Å². The number of aliphatic hydroxyl groups excluding tert-OH is 1. The zero-order valence-electron chi connectivity index (χ0n) is 55.1. The first-order valence-electron chi connectivity index (χ1n) is 32.1. The van der Waals surface area contributed by atoms with E-state index >= 15 is 0 Å². The van der Waals surface area contributed by atoms with Crippen LogP contribution in [0.4, 0.5) is 0 Å². The van der Waals surface area contributed by atoms with Crippen LogP contribution in [0.3, 0.4) is 0 Å². The monoisotopic (exact) mass is 1370 g/mol. The number of hydrogen-bond acceptors (Lipinski definition) is 17. The van der Waals surface area contributed by atoms with Crippen LogP contribution in [0.5, 0.6) is 0 Å². The van der Waals surface area contributed by atoms with Crippen molar-refractivity contribution in [2.24, 2.45) is 45.3 Å². The van der Waals surface area contributed by atoms with Gasteiger partial charge in [-0.3, -0.25) is 67.3 Å². The Kier molecular flexibility index (Phi) is 33.2. The molecule has 4 rings (SSSR count).